The third kappa shape index (κ3) is 4.60. The first-order valence-corrected chi connectivity index (χ1v) is 6.80. The van der Waals surface area contributed by atoms with Crippen molar-refractivity contribution in [1.82, 2.24) is 4.90 Å². The van der Waals surface area contributed by atoms with Crippen LogP contribution in [0.15, 0.2) is 12.2 Å². The number of hydrogen-bond acceptors (Lipinski definition) is 6. The number of hydrogen-bond donors (Lipinski definition) is 0. The second kappa shape index (κ2) is 7.13. The fraction of sp³-hybridized carbons (Fsp3) is 0.714. The normalized spacial score (nSPS) is 16.1. The second-order valence-corrected chi connectivity index (χ2v) is 5.36. The number of methoxy groups -OCH3 is 2. The number of amides is 2. The van der Waals surface area contributed by atoms with E-state index in [-0.39, 0.29) is 6.54 Å². The monoisotopic (exact) mass is 301 g/mol. The third-order valence-electron chi connectivity index (χ3n) is 3.12. The molecule has 7 nitrogen and oxygen atoms in total. The summed E-state index contributed by atoms with van der Waals surface area (Å²) < 4.78 is 10.4. The van der Waals surface area contributed by atoms with Crippen LogP contribution in [0.2, 0.25) is 0 Å². The molecule has 0 aliphatic carbocycles. The topological polar surface area (TPSA) is 74.3 Å². The van der Waals surface area contributed by atoms with E-state index in [9.17, 15) is 9.59 Å². The van der Waals surface area contributed by atoms with Crippen LogP contribution in [0.4, 0.5) is 0 Å². The lowest BCUT2D eigenvalue weighted by Crippen LogP contribution is -2.51. The largest absolute Gasteiger partial charge is 0.330 e. The highest BCUT2D eigenvalue weighted by atomic mass is 17.3. The summed E-state index contributed by atoms with van der Waals surface area (Å²) in [5, 5.41) is 0. The van der Waals surface area contributed by atoms with Gasteiger partial charge in [-0.2, -0.15) is 4.89 Å². The van der Waals surface area contributed by atoms with Gasteiger partial charge in [0.1, 0.15) is 6.54 Å². The van der Waals surface area contributed by atoms with Gasteiger partial charge in [0.2, 0.25) is 0 Å². The molecular weight excluding hydrogens is 278 g/mol. The van der Waals surface area contributed by atoms with E-state index in [2.05, 4.69) is 0 Å². The highest BCUT2D eigenvalue weighted by molar-refractivity contribution is 6.12. The number of carbonyl (C=O) groups is 2. The number of nitrogens with zero attached hydrogens (tertiary/aromatic N) is 1. The van der Waals surface area contributed by atoms with Crippen LogP contribution in [0.25, 0.3) is 0 Å². The molecule has 21 heavy (non-hydrogen) atoms. The molecule has 0 unspecified atom stereocenters. The molecule has 0 N–H and O–H groups in total. The highest BCUT2D eigenvalue weighted by Gasteiger charge is 2.41. The first kappa shape index (κ1) is 17.8. The van der Waals surface area contributed by atoms with Crippen molar-refractivity contribution in [1.29, 1.82) is 0 Å². The van der Waals surface area contributed by atoms with Crippen molar-refractivity contribution < 1.29 is 28.8 Å². The molecule has 2 amide bonds. The molecule has 0 atom stereocenters. The minimum Gasteiger partial charge on any atom is -0.328 e. The van der Waals surface area contributed by atoms with Crippen molar-refractivity contribution >= 4 is 11.8 Å². The van der Waals surface area contributed by atoms with Crippen molar-refractivity contribution in [2.75, 3.05) is 20.8 Å². The Morgan fingerprint density at radius 3 is 2.00 bits per heavy atom. The van der Waals surface area contributed by atoms with E-state index < -0.39 is 23.4 Å². The molecule has 1 heterocycles. The van der Waals surface area contributed by atoms with E-state index in [1.807, 2.05) is 20.8 Å². The van der Waals surface area contributed by atoms with Gasteiger partial charge in [-0.15, -0.1) is 0 Å². The first-order chi connectivity index (χ1) is 9.79. The Morgan fingerprint density at radius 2 is 1.57 bits per heavy atom. The van der Waals surface area contributed by atoms with Gasteiger partial charge in [0.15, 0.2) is 0 Å². The van der Waals surface area contributed by atoms with Crippen LogP contribution in [-0.2, 0) is 28.8 Å². The maximum Gasteiger partial charge on any atom is 0.330 e. The van der Waals surface area contributed by atoms with Crippen LogP contribution in [-0.4, -0.2) is 49.1 Å². The van der Waals surface area contributed by atoms with Crippen LogP contribution in [0.5, 0.6) is 0 Å². The van der Waals surface area contributed by atoms with E-state index in [1.165, 1.54) is 26.4 Å². The summed E-state index contributed by atoms with van der Waals surface area (Å²) in [6, 6.07) is 0. The molecule has 0 aromatic heterocycles. The Labute approximate surface area is 124 Å². The number of imide groups is 1. The van der Waals surface area contributed by atoms with Crippen molar-refractivity contribution in [3.8, 4) is 0 Å². The van der Waals surface area contributed by atoms with E-state index in [0.29, 0.717) is 0 Å². The van der Waals surface area contributed by atoms with Crippen LogP contribution in [0, 0.1) is 0 Å². The molecule has 0 aromatic rings. The standard InChI is InChI=1S/C14H23NO6/c1-6-9-13(2,3)20-21-14(18-4,19-5)10-15-11(16)7-8-12(15)17/h7-8H,6,9-10H2,1-5H3. The lowest BCUT2D eigenvalue weighted by Gasteiger charge is -2.34. The molecule has 0 saturated carbocycles. The lowest BCUT2D eigenvalue weighted by molar-refractivity contribution is -0.520. The highest BCUT2D eigenvalue weighted by Crippen LogP contribution is 2.24. The van der Waals surface area contributed by atoms with Gasteiger partial charge < -0.3 is 9.47 Å². The molecule has 7 heteroatoms. The third-order valence-corrected chi connectivity index (χ3v) is 3.12. The van der Waals surface area contributed by atoms with E-state index >= 15 is 0 Å². The van der Waals surface area contributed by atoms with Crippen molar-refractivity contribution in [2.24, 2.45) is 0 Å². The molecule has 1 aliphatic rings. The average molecular weight is 301 g/mol. The fourth-order valence-electron chi connectivity index (χ4n) is 1.91. The zero-order chi connectivity index (χ0) is 16.1. The van der Waals surface area contributed by atoms with Gasteiger partial charge in [-0.05, 0) is 20.3 Å². The zero-order valence-corrected chi connectivity index (χ0v) is 13.2. The first-order valence-electron chi connectivity index (χ1n) is 6.80. The van der Waals surface area contributed by atoms with Crippen LogP contribution >= 0.6 is 0 Å². The van der Waals surface area contributed by atoms with Crippen molar-refractivity contribution in [3.05, 3.63) is 12.2 Å². The van der Waals surface area contributed by atoms with Gasteiger partial charge in [0.05, 0.1) is 5.60 Å². The maximum atomic E-state index is 11.6. The summed E-state index contributed by atoms with van der Waals surface area (Å²) in [4.78, 5) is 34.8. The van der Waals surface area contributed by atoms with Gasteiger partial charge in [-0.3, -0.25) is 14.5 Å². The minimum atomic E-state index is -1.66. The summed E-state index contributed by atoms with van der Waals surface area (Å²) in [6.45, 7) is 5.52. The molecule has 0 saturated heterocycles. The second-order valence-electron chi connectivity index (χ2n) is 5.36. The van der Waals surface area contributed by atoms with E-state index in [1.54, 1.807) is 0 Å². The molecule has 1 aliphatic heterocycles. The minimum absolute atomic E-state index is 0.229. The van der Waals surface area contributed by atoms with Crippen LogP contribution in [0.1, 0.15) is 33.6 Å². The number of ether oxygens (including phenoxy) is 2. The van der Waals surface area contributed by atoms with Gasteiger partial charge in [0.25, 0.3) is 11.8 Å². The van der Waals surface area contributed by atoms with Gasteiger partial charge in [0, 0.05) is 26.4 Å². The Kier molecular flexibility index (Phi) is 6.03. The Morgan fingerprint density at radius 1 is 1.05 bits per heavy atom. The molecule has 0 radical (unpaired) electrons. The van der Waals surface area contributed by atoms with E-state index in [4.69, 9.17) is 19.2 Å². The van der Waals surface area contributed by atoms with E-state index in [0.717, 1.165) is 17.7 Å². The van der Waals surface area contributed by atoms with Crippen molar-refractivity contribution in [3.63, 3.8) is 0 Å². The zero-order valence-electron chi connectivity index (χ0n) is 13.2. The number of rotatable bonds is 9. The lowest BCUT2D eigenvalue weighted by atomic mass is 10.0. The summed E-state index contributed by atoms with van der Waals surface area (Å²) in [5.74, 6) is -2.56. The molecule has 1 rings (SSSR count). The predicted octanol–water partition coefficient (Wildman–Crippen LogP) is 1.38. The smallest absolute Gasteiger partial charge is 0.328 e. The molecule has 120 valence electrons. The summed E-state index contributed by atoms with van der Waals surface area (Å²) in [6.07, 6.45) is 4.04. The Hall–Kier alpha value is -1.28. The number of carbonyl (C=O) groups excluding carboxylic acids is 2. The van der Waals surface area contributed by atoms with Crippen molar-refractivity contribution in [2.45, 2.75) is 45.2 Å². The SMILES string of the molecule is CCCC(C)(C)OOC(CN1C(=O)C=CC1=O)(OC)OC. The summed E-state index contributed by atoms with van der Waals surface area (Å²) in [7, 11) is 2.69. The summed E-state index contributed by atoms with van der Waals surface area (Å²) >= 11 is 0. The fourth-order valence-corrected chi connectivity index (χ4v) is 1.91. The maximum absolute atomic E-state index is 11.6. The van der Waals surface area contributed by atoms with Gasteiger partial charge >= 0.3 is 5.97 Å². The average Bonchev–Trinajstić information content (AvgIpc) is 2.75. The molecule has 0 aromatic carbocycles. The Bertz CT molecular complexity index is 396. The molecule has 0 spiro atoms. The van der Waals surface area contributed by atoms with Crippen LogP contribution < -0.4 is 0 Å². The predicted molar refractivity (Wildman–Crippen MR) is 73.8 cm³/mol. The summed E-state index contributed by atoms with van der Waals surface area (Å²) in [5.41, 5.74) is -0.547. The molecular formula is C14H23NO6. The Balaban J connectivity index is 2.74. The molecule has 0 fully saturated rings. The van der Waals surface area contributed by atoms with Gasteiger partial charge in [-0.1, -0.05) is 13.3 Å². The van der Waals surface area contributed by atoms with Gasteiger partial charge in [-0.25, -0.2) is 4.89 Å². The molecule has 0 bridgehead atoms. The quantitative estimate of drug-likeness (QED) is 0.277. The van der Waals surface area contributed by atoms with Crippen LogP contribution in [0.3, 0.4) is 0 Å².